The molecule has 0 spiro atoms. The molecule has 4 heteroatoms. The highest BCUT2D eigenvalue weighted by atomic mass is 16.5. The van der Waals surface area contributed by atoms with Gasteiger partial charge in [0.1, 0.15) is 0 Å². The van der Waals surface area contributed by atoms with Crippen LogP contribution in [0.5, 0.6) is 0 Å². The second-order valence-corrected chi connectivity index (χ2v) is 5.35. The molecule has 1 aliphatic heterocycles. The van der Waals surface area contributed by atoms with Gasteiger partial charge in [0.2, 0.25) is 5.91 Å². The van der Waals surface area contributed by atoms with Gasteiger partial charge in [-0.15, -0.1) is 0 Å². The number of hydrogen-bond acceptors (Lipinski definition) is 3. The SMILES string of the molecule is CCC(CC)N(CCOC)C(=O)C1CCCCCN1. The van der Waals surface area contributed by atoms with Crippen molar-refractivity contribution in [3.8, 4) is 0 Å². The van der Waals surface area contributed by atoms with Crippen molar-refractivity contribution < 1.29 is 9.53 Å². The molecule has 1 amide bonds. The predicted octanol–water partition coefficient (Wildman–Crippen LogP) is 2.18. The van der Waals surface area contributed by atoms with E-state index in [1.807, 2.05) is 4.90 Å². The minimum atomic E-state index is 0.0138. The summed E-state index contributed by atoms with van der Waals surface area (Å²) in [6.07, 6.45) is 6.58. The summed E-state index contributed by atoms with van der Waals surface area (Å²) in [5, 5.41) is 3.41. The van der Waals surface area contributed by atoms with E-state index in [2.05, 4.69) is 19.2 Å². The van der Waals surface area contributed by atoms with Crippen molar-refractivity contribution in [3.05, 3.63) is 0 Å². The van der Waals surface area contributed by atoms with Crippen LogP contribution in [0.3, 0.4) is 0 Å². The van der Waals surface area contributed by atoms with Crippen LogP contribution in [0.15, 0.2) is 0 Å². The van der Waals surface area contributed by atoms with E-state index in [9.17, 15) is 4.79 Å². The van der Waals surface area contributed by atoms with E-state index >= 15 is 0 Å². The van der Waals surface area contributed by atoms with Crippen molar-refractivity contribution in [2.45, 2.75) is 64.5 Å². The van der Waals surface area contributed by atoms with Gasteiger partial charge in [0, 0.05) is 19.7 Å². The second kappa shape index (κ2) is 9.32. The maximum atomic E-state index is 12.7. The van der Waals surface area contributed by atoms with Crippen LogP contribution in [-0.2, 0) is 9.53 Å². The average Bonchev–Trinajstić information content (AvgIpc) is 2.71. The zero-order chi connectivity index (χ0) is 14.1. The van der Waals surface area contributed by atoms with Crippen LogP contribution in [0, 0.1) is 0 Å². The first kappa shape index (κ1) is 16.4. The average molecular weight is 270 g/mol. The van der Waals surface area contributed by atoms with Gasteiger partial charge in [0.25, 0.3) is 0 Å². The van der Waals surface area contributed by atoms with E-state index in [-0.39, 0.29) is 11.9 Å². The van der Waals surface area contributed by atoms with Crippen molar-refractivity contribution >= 4 is 5.91 Å². The molecular formula is C15H30N2O2. The van der Waals surface area contributed by atoms with Crippen LogP contribution in [0.1, 0.15) is 52.4 Å². The molecule has 1 fully saturated rings. The molecule has 0 aliphatic carbocycles. The molecule has 0 aromatic rings. The quantitative estimate of drug-likeness (QED) is 0.771. The Morgan fingerprint density at radius 3 is 2.68 bits per heavy atom. The van der Waals surface area contributed by atoms with Gasteiger partial charge in [0.05, 0.1) is 12.6 Å². The summed E-state index contributed by atoms with van der Waals surface area (Å²) >= 11 is 0. The fraction of sp³-hybridized carbons (Fsp3) is 0.933. The molecule has 1 saturated heterocycles. The lowest BCUT2D eigenvalue weighted by atomic mass is 10.1. The highest BCUT2D eigenvalue weighted by molar-refractivity contribution is 5.82. The normalized spacial score (nSPS) is 20.3. The second-order valence-electron chi connectivity index (χ2n) is 5.35. The summed E-state index contributed by atoms with van der Waals surface area (Å²) in [5.41, 5.74) is 0. The summed E-state index contributed by atoms with van der Waals surface area (Å²) in [5.74, 6) is 0.271. The summed E-state index contributed by atoms with van der Waals surface area (Å²) in [6, 6.07) is 0.354. The number of carbonyl (C=O) groups excluding carboxylic acids is 1. The lowest BCUT2D eigenvalue weighted by Crippen LogP contribution is -2.51. The van der Waals surface area contributed by atoms with E-state index in [1.54, 1.807) is 7.11 Å². The Morgan fingerprint density at radius 1 is 1.32 bits per heavy atom. The summed E-state index contributed by atoms with van der Waals surface area (Å²) < 4.78 is 5.16. The van der Waals surface area contributed by atoms with Crippen LogP contribution < -0.4 is 5.32 Å². The fourth-order valence-electron chi connectivity index (χ4n) is 2.83. The minimum Gasteiger partial charge on any atom is -0.383 e. The van der Waals surface area contributed by atoms with E-state index in [0.29, 0.717) is 19.2 Å². The molecule has 1 N–H and O–H groups in total. The number of nitrogens with one attached hydrogen (secondary N) is 1. The molecule has 0 saturated carbocycles. The van der Waals surface area contributed by atoms with Crippen molar-refractivity contribution in [1.82, 2.24) is 10.2 Å². The van der Waals surface area contributed by atoms with E-state index in [4.69, 9.17) is 4.74 Å². The third kappa shape index (κ3) is 5.11. The number of ether oxygens (including phenoxy) is 1. The van der Waals surface area contributed by atoms with Gasteiger partial charge in [-0.05, 0) is 32.2 Å². The van der Waals surface area contributed by atoms with E-state index in [1.165, 1.54) is 12.8 Å². The largest absolute Gasteiger partial charge is 0.383 e. The smallest absolute Gasteiger partial charge is 0.240 e. The number of methoxy groups -OCH3 is 1. The Balaban J connectivity index is 2.67. The standard InChI is InChI=1S/C15H30N2O2/c1-4-13(5-2)17(11-12-19-3)15(18)14-9-7-6-8-10-16-14/h13-14,16H,4-12H2,1-3H3. The molecule has 1 aliphatic rings. The monoisotopic (exact) mass is 270 g/mol. The van der Waals surface area contributed by atoms with Crippen molar-refractivity contribution in [2.24, 2.45) is 0 Å². The molecule has 0 aromatic heterocycles. The topological polar surface area (TPSA) is 41.6 Å². The molecule has 1 rings (SSSR count). The third-order valence-electron chi connectivity index (χ3n) is 4.06. The van der Waals surface area contributed by atoms with Crippen LogP contribution >= 0.6 is 0 Å². The van der Waals surface area contributed by atoms with Gasteiger partial charge in [0.15, 0.2) is 0 Å². The molecule has 4 nitrogen and oxygen atoms in total. The van der Waals surface area contributed by atoms with E-state index < -0.39 is 0 Å². The van der Waals surface area contributed by atoms with Gasteiger partial charge >= 0.3 is 0 Å². The Labute approximate surface area is 117 Å². The first-order valence-electron chi connectivity index (χ1n) is 7.77. The van der Waals surface area contributed by atoms with Gasteiger partial charge in [-0.25, -0.2) is 0 Å². The predicted molar refractivity (Wildman–Crippen MR) is 78.2 cm³/mol. The Morgan fingerprint density at radius 2 is 2.05 bits per heavy atom. The molecule has 112 valence electrons. The Kier molecular flexibility index (Phi) is 8.07. The molecule has 1 atom stereocenters. The Hall–Kier alpha value is -0.610. The summed E-state index contributed by atoms with van der Waals surface area (Å²) in [6.45, 7) is 6.61. The maximum absolute atomic E-state index is 12.7. The zero-order valence-corrected chi connectivity index (χ0v) is 12.8. The van der Waals surface area contributed by atoms with Crippen LogP contribution in [0.4, 0.5) is 0 Å². The lowest BCUT2D eigenvalue weighted by Gasteiger charge is -2.33. The molecule has 1 heterocycles. The van der Waals surface area contributed by atoms with Crippen molar-refractivity contribution in [1.29, 1.82) is 0 Å². The first-order chi connectivity index (χ1) is 9.24. The minimum absolute atomic E-state index is 0.0138. The molecule has 19 heavy (non-hydrogen) atoms. The van der Waals surface area contributed by atoms with Crippen LogP contribution in [0.2, 0.25) is 0 Å². The van der Waals surface area contributed by atoms with E-state index in [0.717, 1.165) is 32.2 Å². The molecule has 1 unspecified atom stereocenters. The Bertz CT molecular complexity index is 247. The van der Waals surface area contributed by atoms with Gasteiger partial charge in [-0.2, -0.15) is 0 Å². The van der Waals surface area contributed by atoms with Gasteiger partial charge < -0.3 is 15.0 Å². The molecule has 0 aromatic carbocycles. The number of rotatable bonds is 7. The molecule has 0 radical (unpaired) electrons. The number of hydrogen-bond donors (Lipinski definition) is 1. The highest BCUT2D eigenvalue weighted by Crippen LogP contribution is 2.15. The zero-order valence-electron chi connectivity index (χ0n) is 12.8. The first-order valence-corrected chi connectivity index (χ1v) is 7.77. The maximum Gasteiger partial charge on any atom is 0.240 e. The number of nitrogens with zero attached hydrogens (tertiary/aromatic N) is 1. The molecule has 0 bridgehead atoms. The van der Waals surface area contributed by atoms with Gasteiger partial charge in [-0.3, -0.25) is 4.79 Å². The van der Waals surface area contributed by atoms with Crippen LogP contribution in [0.25, 0.3) is 0 Å². The fourth-order valence-corrected chi connectivity index (χ4v) is 2.83. The highest BCUT2D eigenvalue weighted by Gasteiger charge is 2.28. The van der Waals surface area contributed by atoms with Crippen LogP contribution in [-0.4, -0.2) is 49.7 Å². The summed E-state index contributed by atoms with van der Waals surface area (Å²) in [7, 11) is 1.69. The van der Waals surface area contributed by atoms with Crippen molar-refractivity contribution in [3.63, 3.8) is 0 Å². The van der Waals surface area contributed by atoms with Crippen molar-refractivity contribution in [2.75, 3.05) is 26.8 Å². The third-order valence-corrected chi connectivity index (χ3v) is 4.06. The molecular weight excluding hydrogens is 240 g/mol. The summed E-state index contributed by atoms with van der Waals surface area (Å²) in [4.78, 5) is 14.8. The number of amides is 1. The van der Waals surface area contributed by atoms with Gasteiger partial charge in [-0.1, -0.05) is 26.7 Å². The number of carbonyl (C=O) groups is 1. The lowest BCUT2D eigenvalue weighted by molar-refractivity contribution is -0.136.